The number of piperidine rings is 1. The van der Waals surface area contributed by atoms with Gasteiger partial charge >= 0.3 is 0 Å². The lowest BCUT2D eigenvalue weighted by atomic mass is 9.99. The largest absolute Gasteiger partial charge is 0.420 e. The molecule has 2 aromatic carbocycles. The fraction of sp³-hybridized carbons (Fsp3) is 0.350. The van der Waals surface area contributed by atoms with Crippen molar-refractivity contribution in [2.75, 3.05) is 31.1 Å². The summed E-state index contributed by atoms with van der Waals surface area (Å²) in [5, 5.41) is 0. The number of fused-ring (bicyclic) bond motifs is 1. The molecule has 5 rings (SSSR count). The van der Waals surface area contributed by atoms with Crippen LogP contribution in [0, 0.1) is 11.6 Å². The maximum absolute atomic E-state index is 15.5. The number of oxazole rings is 1. The minimum Gasteiger partial charge on any atom is -0.420 e. The van der Waals surface area contributed by atoms with Gasteiger partial charge in [0, 0.05) is 31.6 Å². The zero-order valence-corrected chi connectivity index (χ0v) is 17.0. The van der Waals surface area contributed by atoms with Gasteiger partial charge in [0.25, 0.3) is 6.01 Å². The SMILES string of the molecule is O=S(=O)(c1ccccc1)N1CCO[C@@]12CCN(c1nc3cc(F)cc(F)c3o1)C[C@H]2F. The zero-order chi connectivity index (χ0) is 21.8. The molecule has 0 radical (unpaired) electrons. The lowest BCUT2D eigenvalue weighted by molar-refractivity contribution is -0.116. The van der Waals surface area contributed by atoms with Crippen LogP contribution in [0.1, 0.15) is 6.42 Å². The van der Waals surface area contributed by atoms with Crippen molar-refractivity contribution in [1.29, 1.82) is 0 Å². The molecular formula is C20H18F3N3O4S. The normalized spacial score (nSPS) is 25.0. The molecule has 2 fully saturated rings. The fourth-order valence-corrected chi connectivity index (χ4v) is 5.93. The third-order valence-electron chi connectivity index (χ3n) is 5.68. The standard InChI is InChI=1S/C20H18F3N3O4S/c21-13-10-15(22)18-16(11-13)24-19(30-18)25-7-6-20(17(23)12-25)26(8-9-29-20)31(27,28)14-4-2-1-3-5-14/h1-5,10-11,17H,6-9,12H2/t17-,20-/m1/s1. The lowest BCUT2D eigenvalue weighted by Gasteiger charge is -2.44. The third kappa shape index (κ3) is 3.19. The summed E-state index contributed by atoms with van der Waals surface area (Å²) in [6, 6.07) is 9.44. The van der Waals surface area contributed by atoms with Crippen molar-refractivity contribution in [1.82, 2.24) is 9.29 Å². The topological polar surface area (TPSA) is 75.9 Å². The van der Waals surface area contributed by atoms with E-state index in [1.807, 2.05) is 0 Å². The number of benzene rings is 2. The Morgan fingerprint density at radius 2 is 1.90 bits per heavy atom. The summed E-state index contributed by atoms with van der Waals surface area (Å²) in [5.74, 6) is -1.70. The molecule has 3 aromatic rings. The lowest BCUT2D eigenvalue weighted by Crippen LogP contribution is -2.62. The molecule has 1 aromatic heterocycles. The van der Waals surface area contributed by atoms with Gasteiger partial charge in [0.2, 0.25) is 10.0 Å². The molecular weight excluding hydrogens is 435 g/mol. The predicted octanol–water partition coefficient (Wildman–Crippen LogP) is 3.07. The first-order valence-corrected chi connectivity index (χ1v) is 11.1. The van der Waals surface area contributed by atoms with Crippen molar-refractivity contribution < 1.29 is 30.7 Å². The van der Waals surface area contributed by atoms with E-state index >= 15 is 4.39 Å². The molecule has 3 heterocycles. The average Bonchev–Trinajstić information content (AvgIpc) is 3.36. The molecule has 2 saturated heterocycles. The Morgan fingerprint density at radius 1 is 1.13 bits per heavy atom. The van der Waals surface area contributed by atoms with Gasteiger partial charge in [-0.2, -0.15) is 9.29 Å². The van der Waals surface area contributed by atoms with Crippen LogP contribution in [0.4, 0.5) is 19.2 Å². The molecule has 2 aliphatic heterocycles. The second-order valence-electron chi connectivity index (χ2n) is 7.48. The summed E-state index contributed by atoms with van der Waals surface area (Å²) >= 11 is 0. The Hall–Kier alpha value is -2.63. The zero-order valence-electron chi connectivity index (χ0n) is 16.2. The minimum absolute atomic E-state index is 0.00972. The van der Waals surface area contributed by atoms with E-state index in [0.717, 1.165) is 10.4 Å². The highest BCUT2D eigenvalue weighted by Gasteiger charge is 2.57. The average molecular weight is 453 g/mol. The van der Waals surface area contributed by atoms with Crippen LogP contribution in [-0.2, 0) is 14.8 Å². The van der Waals surface area contributed by atoms with E-state index in [4.69, 9.17) is 9.15 Å². The molecule has 2 atom stereocenters. The summed E-state index contributed by atoms with van der Waals surface area (Å²) in [5.41, 5.74) is -1.89. The van der Waals surface area contributed by atoms with Gasteiger partial charge in [-0.25, -0.2) is 21.6 Å². The summed E-state index contributed by atoms with van der Waals surface area (Å²) in [7, 11) is -3.97. The molecule has 1 spiro atoms. The van der Waals surface area contributed by atoms with Crippen molar-refractivity contribution in [3.05, 3.63) is 54.1 Å². The molecule has 2 aliphatic rings. The summed E-state index contributed by atoms with van der Waals surface area (Å²) < 4.78 is 81.3. The van der Waals surface area contributed by atoms with Crippen LogP contribution < -0.4 is 4.90 Å². The number of aromatic nitrogens is 1. The maximum Gasteiger partial charge on any atom is 0.298 e. The first-order valence-electron chi connectivity index (χ1n) is 9.68. The number of sulfonamides is 1. The van der Waals surface area contributed by atoms with Crippen molar-refractivity contribution >= 4 is 27.1 Å². The van der Waals surface area contributed by atoms with Crippen LogP contribution in [0.25, 0.3) is 11.1 Å². The first kappa shape index (κ1) is 20.3. The maximum atomic E-state index is 15.5. The molecule has 0 saturated carbocycles. The minimum atomic E-state index is -3.97. The Bertz CT molecular complexity index is 1240. The smallest absolute Gasteiger partial charge is 0.298 e. The number of alkyl halides is 1. The highest BCUT2D eigenvalue weighted by molar-refractivity contribution is 7.89. The van der Waals surface area contributed by atoms with Crippen LogP contribution in [0.2, 0.25) is 0 Å². The van der Waals surface area contributed by atoms with E-state index in [1.165, 1.54) is 17.0 Å². The molecule has 164 valence electrons. The fourth-order valence-electron chi connectivity index (χ4n) is 4.19. The highest BCUT2D eigenvalue weighted by atomic mass is 32.2. The van der Waals surface area contributed by atoms with Crippen molar-refractivity contribution in [2.45, 2.75) is 23.2 Å². The van der Waals surface area contributed by atoms with Gasteiger partial charge in [0.1, 0.15) is 11.3 Å². The number of hydrogen-bond acceptors (Lipinski definition) is 6. The second kappa shape index (κ2) is 7.21. The number of ether oxygens (including phenoxy) is 1. The van der Waals surface area contributed by atoms with Crippen LogP contribution in [0.5, 0.6) is 0 Å². The Balaban J connectivity index is 1.43. The number of halogens is 3. The molecule has 0 amide bonds. The van der Waals surface area contributed by atoms with Crippen molar-refractivity contribution in [3.63, 3.8) is 0 Å². The van der Waals surface area contributed by atoms with Gasteiger partial charge in [0.15, 0.2) is 23.3 Å². The van der Waals surface area contributed by atoms with Crippen LogP contribution in [0.3, 0.4) is 0 Å². The summed E-state index contributed by atoms with van der Waals surface area (Å²) in [4.78, 5) is 5.56. The second-order valence-corrected chi connectivity index (χ2v) is 9.34. The molecule has 0 aliphatic carbocycles. The third-order valence-corrected chi connectivity index (χ3v) is 7.62. The number of rotatable bonds is 3. The Labute approximate surface area is 176 Å². The highest BCUT2D eigenvalue weighted by Crippen LogP contribution is 2.41. The van der Waals surface area contributed by atoms with Gasteiger partial charge < -0.3 is 14.1 Å². The predicted molar refractivity (Wildman–Crippen MR) is 105 cm³/mol. The van der Waals surface area contributed by atoms with Gasteiger partial charge in [-0.1, -0.05) is 18.2 Å². The first-order chi connectivity index (χ1) is 14.8. The molecule has 11 heteroatoms. The van der Waals surface area contributed by atoms with E-state index < -0.39 is 33.6 Å². The van der Waals surface area contributed by atoms with Crippen LogP contribution in [0.15, 0.2) is 51.8 Å². The van der Waals surface area contributed by atoms with Crippen LogP contribution >= 0.6 is 0 Å². The summed E-state index contributed by atoms with van der Waals surface area (Å²) in [6.07, 6.45) is -1.71. The van der Waals surface area contributed by atoms with Crippen molar-refractivity contribution in [2.24, 2.45) is 0 Å². The molecule has 0 bridgehead atoms. The van der Waals surface area contributed by atoms with E-state index in [9.17, 15) is 17.2 Å². The molecule has 0 unspecified atom stereocenters. The van der Waals surface area contributed by atoms with Gasteiger partial charge in [-0.05, 0) is 12.1 Å². The molecule has 7 nitrogen and oxygen atoms in total. The molecule has 0 N–H and O–H groups in total. The number of anilines is 1. The Morgan fingerprint density at radius 3 is 2.65 bits per heavy atom. The van der Waals surface area contributed by atoms with Crippen molar-refractivity contribution in [3.8, 4) is 0 Å². The number of nitrogens with zero attached hydrogens (tertiary/aromatic N) is 3. The van der Waals surface area contributed by atoms with E-state index in [-0.39, 0.29) is 54.7 Å². The van der Waals surface area contributed by atoms with E-state index in [0.29, 0.717) is 6.07 Å². The van der Waals surface area contributed by atoms with Gasteiger partial charge in [0.05, 0.1) is 18.0 Å². The van der Waals surface area contributed by atoms with Crippen LogP contribution in [-0.4, -0.2) is 55.8 Å². The number of hydrogen-bond donors (Lipinski definition) is 0. The molecule has 31 heavy (non-hydrogen) atoms. The van der Waals surface area contributed by atoms with Gasteiger partial charge in [-0.3, -0.25) is 0 Å². The monoisotopic (exact) mass is 453 g/mol. The van der Waals surface area contributed by atoms with Gasteiger partial charge in [-0.15, -0.1) is 0 Å². The Kier molecular flexibility index (Phi) is 4.72. The van der Waals surface area contributed by atoms with E-state index in [1.54, 1.807) is 18.2 Å². The summed E-state index contributed by atoms with van der Waals surface area (Å²) in [6.45, 7) is -0.0270. The van der Waals surface area contributed by atoms with E-state index in [2.05, 4.69) is 4.98 Å². The quantitative estimate of drug-likeness (QED) is 0.607.